The first-order chi connectivity index (χ1) is 13.5. The van der Waals surface area contributed by atoms with E-state index in [2.05, 4.69) is 16.0 Å². The van der Waals surface area contributed by atoms with Crippen molar-refractivity contribution < 1.29 is 14.4 Å². The minimum atomic E-state index is -0.406. The van der Waals surface area contributed by atoms with Crippen molar-refractivity contribution >= 4 is 34.9 Å². The number of aryl methyl sites for hydroxylation is 1. The Bertz CT molecular complexity index is 830. The molecule has 1 aliphatic heterocycles. The van der Waals surface area contributed by atoms with Gasteiger partial charge in [0.15, 0.2) is 0 Å². The van der Waals surface area contributed by atoms with Crippen LogP contribution in [0.15, 0.2) is 41.1 Å². The third-order valence-electron chi connectivity index (χ3n) is 4.64. The molecule has 2 aromatic rings. The smallest absolute Gasteiger partial charge is 0.319 e. The summed E-state index contributed by atoms with van der Waals surface area (Å²) in [5.41, 5.74) is 2.40. The van der Waals surface area contributed by atoms with E-state index in [1.807, 2.05) is 35.9 Å². The fraction of sp³-hybridized carbons (Fsp3) is 0.350. The van der Waals surface area contributed by atoms with Crippen LogP contribution < -0.4 is 16.0 Å². The van der Waals surface area contributed by atoms with Crippen LogP contribution in [0.3, 0.4) is 0 Å². The highest BCUT2D eigenvalue weighted by Crippen LogP contribution is 2.13. The molecular weight excluding hydrogens is 376 g/mol. The summed E-state index contributed by atoms with van der Waals surface area (Å²) in [6, 6.07) is 8.91. The second kappa shape index (κ2) is 9.36. The average Bonchev–Trinajstić information content (AvgIpc) is 3.22. The monoisotopic (exact) mass is 400 g/mol. The minimum Gasteiger partial charge on any atom is -0.349 e. The van der Waals surface area contributed by atoms with Gasteiger partial charge in [-0.2, -0.15) is 11.3 Å². The summed E-state index contributed by atoms with van der Waals surface area (Å²) in [6.45, 7) is 3.02. The molecule has 148 valence electrons. The molecule has 0 aliphatic carbocycles. The Morgan fingerprint density at radius 2 is 1.96 bits per heavy atom. The van der Waals surface area contributed by atoms with Crippen LogP contribution in [0.2, 0.25) is 0 Å². The van der Waals surface area contributed by atoms with Gasteiger partial charge in [0.1, 0.15) is 0 Å². The second-order valence-electron chi connectivity index (χ2n) is 6.82. The molecule has 7 nitrogen and oxygen atoms in total. The van der Waals surface area contributed by atoms with Gasteiger partial charge in [-0.3, -0.25) is 9.59 Å². The van der Waals surface area contributed by atoms with Crippen LogP contribution in [0.25, 0.3) is 0 Å². The number of piperidine rings is 1. The van der Waals surface area contributed by atoms with Crippen LogP contribution in [-0.2, 0) is 4.79 Å². The summed E-state index contributed by atoms with van der Waals surface area (Å²) in [7, 11) is 0. The number of rotatable bonds is 5. The fourth-order valence-electron chi connectivity index (χ4n) is 3.10. The van der Waals surface area contributed by atoms with Gasteiger partial charge < -0.3 is 20.9 Å². The highest BCUT2D eigenvalue weighted by Gasteiger charge is 2.24. The van der Waals surface area contributed by atoms with E-state index in [0.717, 1.165) is 5.56 Å². The van der Waals surface area contributed by atoms with Gasteiger partial charge in [-0.05, 0) is 48.9 Å². The zero-order valence-electron chi connectivity index (χ0n) is 15.7. The molecule has 0 bridgehead atoms. The van der Waals surface area contributed by atoms with Gasteiger partial charge in [-0.15, -0.1) is 0 Å². The van der Waals surface area contributed by atoms with E-state index in [-0.39, 0.29) is 24.4 Å². The number of thiophene rings is 1. The number of carbonyl (C=O) groups excluding carboxylic acids is 3. The van der Waals surface area contributed by atoms with Gasteiger partial charge in [0.2, 0.25) is 5.91 Å². The van der Waals surface area contributed by atoms with Crippen molar-refractivity contribution in [2.75, 3.05) is 25.0 Å². The number of benzene rings is 1. The number of urea groups is 1. The minimum absolute atomic E-state index is 0.0520. The van der Waals surface area contributed by atoms with Crippen molar-refractivity contribution in [3.8, 4) is 0 Å². The lowest BCUT2D eigenvalue weighted by molar-refractivity contribution is -0.131. The second-order valence-corrected chi connectivity index (χ2v) is 7.60. The summed E-state index contributed by atoms with van der Waals surface area (Å²) >= 11 is 1.49. The number of hydrogen-bond donors (Lipinski definition) is 3. The Kier molecular flexibility index (Phi) is 6.65. The normalized spacial score (nSPS) is 14.4. The van der Waals surface area contributed by atoms with Crippen LogP contribution in [0.1, 0.15) is 28.8 Å². The van der Waals surface area contributed by atoms with E-state index in [0.29, 0.717) is 37.2 Å². The first-order valence-electron chi connectivity index (χ1n) is 9.23. The summed E-state index contributed by atoms with van der Waals surface area (Å²) in [5.74, 6) is -0.192. The van der Waals surface area contributed by atoms with E-state index in [4.69, 9.17) is 0 Å². The number of amides is 4. The maximum Gasteiger partial charge on any atom is 0.319 e. The molecule has 0 radical (unpaired) electrons. The summed E-state index contributed by atoms with van der Waals surface area (Å²) in [5, 5.41) is 12.0. The molecule has 0 atom stereocenters. The molecule has 0 spiro atoms. The van der Waals surface area contributed by atoms with Gasteiger partial charge in [0, 0.05) is 35.8 Å². The number of carbonyl (C=O) groups is 3. The number of anilines is 1. The molecular formula is C20H24N4O3S. The number of nitrogens with zero attached hydrogens (tertiary/aromatic N) is 1. The van der Waals surface area contributed by atoms with E-state index >= 15 is 0 Å². The molecule has 4 amide bonds. The van der Waals surface area contributed by atoms with Gasteiger partial charge >= 0.3 is 6.03 Å². The van der Waals surface area contributed by atoms with Crippen LogP contribution in [0, 0.1) is 6.92 Å². The lowest BCUT2D eigenvalue weighted by atomic mass is 10.0. The predicted octanol–water partition coefficient (Wildman–Crippen LogP) is 2.60. The van der Waals surface area contributed by atoms with E-state index < -0.39 is 6.03 Å². The Labute approximate surface area is 168 Å². The third-order valence-corrected chi connectivity index (χ3v) is 5.33. The number of hydrogen-bond acceptors (Lipinski definition) is 4. The largest absolute Gasteiger partial charge is 0.349 e. The summed E-state index contributed by atoms with van der Waals surface area (Å²) in [6.07, 6.45) is 1.41. The maximum absolute atomic E-state index is 12.3. The molecule has 3 rings (SSSR count). The van der Waals surface area contributed by atoms with Crippen molar-refractivity contribution in [3.63, 3.8) is 0 Å². The Balaban J connectivity index is 1.38. The maximum atomic E-state index is 12.3. The summed E-state index contributed by atoms with van der Waals surface area (Å²) in [4.78, 5) is 38.1. The molecule has 0 saturated carbocycles. The fourth-order valence-corrected chi connectivity index (χ4v) is 3.74. The average molecular weight is 401 g/mol. The van der Waals surface area contributed by atoms with Crippen molar-refractivity contribution in [2.24, 2.45) is 0 Å². The molecule has 1 saturated heterocycles. The number of nitrogens with one attached hydrogen (secondary N) is 3. The molecule has 28 heavy (non-hydrogen) atoms. The lowest BCUT2D eigenvalue weighted by Crippen LogP contribution is -2.49. The van der Waals surface area contributed by atoms with Crippen molar-refractivity contribution in [1.29, 1.82) is 0 Å². The molecule has 1 aromatic heterocycles. The lowest BCUT2D eigenvalue weighted by Gasteiger charge is -2.32. The van der Waals surface area contributed by atoms with Gasteiger partial charge in [-0.25, -0.2) is 4.79 Å². The third kappa shape index (κ3) is 5.56. The van der Waals surface area contributed by atoms with Crippen LogP contribution in [-0.4, -0.2) is 48.4 Å². The zero-order chi connectivity index (χ0) is 19.9. The van der Waals surface area contributed by atoms with Gasteiger partial charge in [0.05, 0.1) is 6.54 Å². The molecule has 1 aliphatic rings. The Morgan fingerprint density at radius 1 is 1.18 bits per heavy atom. The van der Waals surface area contributed by atoms with E-state index in [9.17, 15) is 14.4 Å². The van der Waals surface area contributed by atoms with Crippen LogP contribution in [0.4, 0.5) is 10.5 Å². The molecule has 0 unspecified atom stereocenters. The Morgan fingerprint density at radius 3 is 2.64 bits per heavy atom. The summed E-state index contributed by atoms with van der Waals surface area (Å²) < 4.78 is 0. The van der Waals surface area contributed by atoms with Crippen LogP contribution in [0.5, 0.6) is 0 Å². The first-order valence-corrected chi connectivity index (χ1v) is 10.2. The van der Waals surface area contributed by atoms with Crippen molar-refractivity contribution in [3.05, 3.63) is 52.2 Å². The number of likely N-dealkylation sites (tertiary alicyclic amines) is 1. The van der Waals surface area contributed by atoms with Gasteiger partial charge in [0.25, 0.3) is 5.91 Å². The predicted molar refractivity (Wildman–Crippen MR) is 110 cm³/mol. The zero-order valence-corrected chi connectivity index (χ0v) is 16.6. The Hall–Kier alpha value is -2.87. The highest BCUT2D eigenvalue weighted by molar-refractivity contribution is 7.08. The van der Waals surface area contributed by atoms with Crippen LogP contribution >= 0.6 is 11.3 Å². The molecule has 2 heterocycles. The van der Waals surface area contributed by atoms with Crippen molar-refractivity contribution in [1.82, 2.24) is 15.5 Å². The van der Waals surface area contributed by atoms with Gasteiger partial charge in [-0.1, -0.05) is 12.1 Å². The van der Waals surface area contributed by atoms with Crippen molar-refractivity contribution in [2.45, 2.75) is 25.8 Å². The van der Waals surface area contributed by atoms with E-state index in [1.165, 1.54) is 11.3 Å². The topological polar surface area (TPSA) is 90.5 Å². The molecule has 1 aromatic carbocycles. The standard InChI is InChI=1S/C20H24N4O3S/c1-14-3-2-4-17(11-14)23-20(27)21-12-18(25)24-8-5-16(6-9-24)22-19(26)15-7-10-28-13-15/h2-4,7,10-11,13,16H,5-6,8-9,12H2,1H3,(H,22,26)(H2,21,23,27). The molecule has 8 heteroatoms. The first kappa shape index (κ1) is 19.9. The SMILES string of the molecule is Cc1cccc(NC(=O)NCC(=O)N2CCC(NC(=O)c3ccsc3)CC2)c1. The quantitative estimate of drug-likeness (QED) is 0.721. The van der Waals surface area contributed by atoms with E-state index in [1.54, 1.807) is 17.0 Å². The molecule has 1 fully saturated rings. The highest BCUT2D eigenvalue weighted by atomic mass is 32.1. The molecule has 3 N–H and O–H groups in total.